The number of aryl methyl sites for hydroxylation is 1. The highest BCUT2D eigenvalue weighted by Crippen LogP contribution is 2.38. The van der Waals surface area contributed by atoms with Crippen LogP contribution < -0.4 is 0 Å². The maximum absolute atomic E-state index is 13.2. The molecular weight excluding hydrogens is 437 g/mol. The van der Waals surface area contributed by atoms with Crippen LogP contribution in [0.5, 0.6) is 0 Å². The van der Waals surface area contributed by atoms with Crippen molar-refractivity contribution in [2.24, 2.45) is 0 Å². The number of halogens is 3. The second-order valence-electron chi connectivity index (χ2n) is 6.88. The Morgan fingerprint density at radius 1 is 1.29 bits per heavy atom. The van der Waals surface area contributed by atoms with E-state index in [2.05, 4.69) is 25.1 Å². The first-order valence-corrected chi connectivity index (χ1v) is 9.66. The van der Waals surface area contributed by atoms with Gasteiger partial charge in [-0.05, 0) is 25.5 Å². The number of nitro groups is 1. The molecule has 0 saturated heterocycles. The van der Waals surface area contributed by atoms with E-state index in [9.17, 15) is 23.3 Å². The first-order chi connectivity index (χ1) is 14.6. The summed E-state index contributed by atoms with van der Waals surface area (Å²) in [5.41, 5.74) is 0.191. The highest BCUT2D eigenvalue weighted by molar-refractivity contribution is 7.26. The quantitative estimate of drug-likeness (QED) is 0.303. The summed E-state index contributed by atoms with van der Waals surface area (Å²) in [6.07, 6.45) is -0.724. The maximum Gasteiger partial charge on any atom is 0.433 e. The van der Waals surface area contributed by atoms with E-state index in [4.69, 9.17) is 0 Å². The maximum atomic E-state index is 13.2. The van der Waals surface area contributed by atoms with Crippen molar-refractivity contribution in [3.05, 3.63) is 52.0 Å². The van der Waals surface area contributed by atoms with Gasteiger partial charge >= 0.3 is 11.9 Å². The third-order valence-corrected chi connectivity index (χ3v) is 5.91. The minimum absolute atomic E-state index is 0.161. The lowest BCUT2D eigenvalue weighted by Crippen LogP contribution is -2.09. The van der Waals surface area contributed by atoms with Gasteiger partial charge < -0.3 is 0 Å². The third kappa shape index (κ3) is 2.98. The van der Waals surface area contributed by atoms with Crippen molar-refractivity contribution in [3.63, 3.8) is 0 Å². The number of aromatic nitrogens is 7. The lowest BCUT2D eigenvalue weighted by Gasteiger charge is -2.06. The molecule has 1 atom stereocenters. The average molecular weight is 448 g/mol. The second kappa shape index (κ2) is 6.41. The largest absolute Gasteiger partial charge is 0.433 e. The predicted molar refractivity (Wildman–Crippen MR) is 104 cm³/mol. The number of alkyl halides is 3. The molecule has 0 spiro atoms. The van der Waals surface area contributed by atoms with Crippen LogP contribution in [-0.2, 0) is 6.18 Å². The molecule has 0 saturated carbocycles. The van der Waals surface area contributed by atoms with Crippen molar-refractivity contribution in [1.29, 1.82) is 0 Å². The Labute approximate surface area is 174 Å². The molecule has 0 N–H and O–H groups in total. The lowest BCUT2D eigenvalue weighted by molar-refractivity contribution is -0.385. The Morgan fingerprint density at radius 2 is 2.06 bits per heavy atom. The molecule has 0 amide bonds. The molecule has 5 aromatic heterocycles. The van der Waals surface area contributed by atoms with Crippen LogP contribution in [0.4, 0.5) is 18.9 Å². The first-order valence-electron chi connectivity index (χ1n) is 8.84. The van der Waals surface area contributed by atoms with Crippen molar-refractivity contribution >= 4 is 43.1 Å². The number of pyridine rings is 1. The smallest absolute Gasteiger partial charge is 0.258 e. The summed E-state index contributed by atoms with van der Waals surface area (Å²) >= 11 is 1.06. The summed E-state index contributed by atoms with van der Waals surface area (Å²) in [5.74, 6) is 0.324. The fourth-order valence-corrected chi connectivity index (χ4v) is 4.48. The molecule has 5 rings (SSSR count). The van der Waals surface area contributed by atoms with Gasteiger partial charge in [0.15, 0.2) is 11.5 Å². The van der Waals surface area contributed by atoms with Crippen LogP contribution >= 0.6 is 11.3 Å². The molecule has 5 aromatic rings. The van der Waals surface area contributed by atoms with Gasteiger partial charge in [-0.15, -0.1) is 16.4 Å². The van der Waals surface area contributed by atoms with Crippen molar-refractivity contribution < 1.29 is 18.1 Å². The average Bonchev–Trinajstić information content (AvgIpc) is 3.41. The van der Waals surface area contributed by atoms with Crippen LogP contribution in [0, 0.1) is 17.0 Å². The van der Waals surface area contributed by atoms with Crippen LogP contribution in [0.25, 0.3) is 26.1 Å². The molecule has 0 aliphatic carbocycles. The van der Waals surface area contributed by atoms with E-state index in [1.54, 1.807) is 13.8 Å². The van der Waals surface area contributed by atoms with E-state index in [0.29, 0.717) is 32.6 Å². The second-order valence-corrected chi connectivity index (χ2v) is 7.88. The highest BCUT2D eigenvalue weighted by atomic mass is 32.1. The predicted octanol–water partition coefficient (Wildman–Crippen LogP) is 3.93. The fraction of sp³-hybridized carbons (Fsp3) is 0.235. The van der Waals surface area contributed by atoms with E-state index in [1.807, 2.05) is 0 Å². The Bertz CT molecular complexity index is 1500. The summed E-state index contributed by atoms with van der Waals surface area (Å²) in [5, 5.41) is 19.8. The van der Waals surface area contributed by atoms with Crippen molar-refractivity contribution in [2.75, 3.05) is 0 Å². The van der Waals surface area contributed by atoms with Gasteiger partial charge in [-0.1, -0.05) is 0 Å². The molecule has 0 aliphatic heterocycles. The standard InChI is InChI=1S/C17H11F3N8O2S/c1-7-3-10(17(18,19)20)23-16-11(7)12-13(31-16)15-24-14(25-27(15)6-21-12)8(2)26-5-9(4-22-26)28(29)30/h3-6,8H,1-2H3. The van der Waals surface area contributed by atoms with E-state index in [1.165, 1.54) is 21.7 Å². The van der Waals surface area contributed by atoms with Gasteiger partial charge in [0.05, 0.1) is 10.4 Å². The number of fused-ring (bicyclic) bond motifs is 5. The van der Waals surface area contributed by atoms with E-state index in [-0.39, 0.29) is 10.5 Å². The molecule has 0 radical (unpaired) electrons. The molecule has 5 heterocycles. The lowest BCUT2D eigenvalue weighted by atomic mass is 10.1. The Morgan fingerprint density at radius 3 is 2.74 bits per heavy atom. The van der Waals surface area contributed by atoms with Gasteiger partial charge in [0, 0.05) is 5.39 Å². The van der Waals surface area contributed by atoms with Gasteiger partial charge in [-0.25, -0.2) is 19.5 Å². The molecule has 0 aromatic carbocycles. The third-order valence-electron chi connectivity index (χ3n) is 4.84. The molecule has 10 nitrogen and oxygen atoms in total. The Kier molecular flexibility index (Phi) is 3.99. The van der Waals surface area contributed by atoms with Gasteiger partial charge in [0.1, 0.15) is 40.0 Å². The summed E-state index contributed by atoms with van der Waals surface area (Å²) in [6, 6.07) is 0.484. The summed E-state index contributed by atoms with van der Waals surface area (Å²) in [4.78, 5) is 23.2. The van der Waals surface area contributed by atoms with Gasteiger partial charge in [0.2, 0.25) is 0 Å². The number of nitrogens with zero attached hydrogens (tertiary/aromatic N) is 8. The van der Waals surface area contributed by atoms with E-state index < -0.39 is 22.8 Å². The van der Waals surface area contributed by atoms with Crippen LogP contribution in [0.15, 0.2) is 24.8 Å². The summed E-state index contributed by atoms with van der Waals surface area (Å²) in [6.45, 7) is 3.31. The first kappa shape index (κ1) is 19.3. The minimum Gasteiger partial charge on any atom is -0.258 e. The van der Waals surface area contributed by atoms with E-state index in [0.717, 1.165) is 23.6 Å². The highest BCUT2D eigenvalue weighted by Gasteiger charge is 2.34. The fourth-order valence-electron chi connectivity index (χ4n) is 3.30. The van der Waals surface area contributed by atoms with Crippen molar-refractivity contribution in [3.8, 4) is 0 Å². The topological polar surface area (TPSA) is 117 Å². The zero-order chi connectivity index (χ0) is 22.1. The zero-order valence-corrected chi connectivity index (χ0v) is 16.6. The SMILES string of the molecule is Cc1cc(C(F)(F)F)nc2sc3c(ncn4nc(C(C)n5cc([N+](=O)[O-])cn5)nc34)c12. The number of hydrogen-bond donors (Lipinski definition) is 0. The monoisotopic (exact) mass is 448 g/mol. The molecule has 1 unspecified atom stereocenters. The zero-order valence-electron chi connectivity index (χ0n) is 15.8. The van der Waals surface area contributed by atoms with Crippen LogP contribution in [0.1, 0.15) is 30.0 Å². The molecule has 31 heavy (non-hydrogen) atoms. The number of thiophene rings is 1. The van der Waals surface area contributed by atoms with Gasteiger partial charge in [0.25, 0.3) is 0 Å². The Balaban J connectivity index is 1.67. The van der Waals surface area contributed by atoms with Crippen LogP contribution in [0.3, 0.4) is 0 Å². The molecule has 0 fully saturated rings. The van der Waals surface area contributed by atoms with Gasteiger partial charge in [-0.2, -0.15) is 18.3 Å². The van der Waals surface area contributed by atoms with E-state index >= 15 is 0 Å². The normalized spacial score (nSPS) is 13.5. The molecule has 0 aliphatic rings. The number of rotatable bonds is 3. The van der Waals surface area contributed by atoms with Crippen LogP contribution in [-0.4, -0.2) is 39.3 Å². The minimum atomic E-state index is -4.55. The molecular formula is C17H11F3N8O2S. The number of hydrogen-bond acceptors (Lipinski definition) is 8. The van der Waals surface area contributed by atoms with Crippen molar-refractivity contribution in [2.45, 2.75) is 26.1 Å². The summed E-state index contributed by atoms with van der Waals surface area (Å²) < 4.78 is 42.8. The van der Waals surface area contributed by atoms with Crippen molar-refractivity contribution in [1.82, 2.24) is 34.3 Å². The van der Waals surface area contributed by atoms with Gasteiger partial charge in [-0.3, -0.25) is 14.8 Å². The molecule has 14 heteroatoms. The molecule has 158 valence electrons. The Hall–Kier alpha value is -3.68. The molecule has 0 bridgehead atoms. The summed E-state index contributed by atoms with van der Waals surface area (Å²) in [7, 11) is 0. The van der Waals surface area contributed by atoms with Crippen LogP contribution in [0.2, 0.25) is 0 Å².